The predicted octanol–water partition coefficient (Wildman–Crippen LogP) is 2.12. The second-order valence-electron chi connectivity index (χ2n) is 3.76. The average Bonchev–Trinajstić information content (AvgIpc) is 2.29. The van der Waals surface area contributed by atoms with Crippen LogP contribution in [0.5, 0.6) is 0 Å². The number of nitrogens with one attached hydrogen (secondary N) is 1. The summed E-state index contributed by atoms with van der Waals surface area (Å²) < 4.78 is 38.7. The first-order chi connectivity index (χ1) is 8.41. The van der Waals surface area contributed by atoms with Crippen LogP contribution in [0.15, 0.2) is 12.1 Å². The van der Waals surface area contributed by atoms with Gasteiger partial charge in [0.2, 0.25) is 5.91 Å². The van der Waals surface area contributed by atoms with Crippen molar-refractivity contribution in [1.29, 1.82) is 0 Å². The zero-order valence-electron chi connectivity index (χ0n) is 9.67. The molecule has 0 bridgehead atoms. The quantitative estimate of drug-likeness (QED) is 0.811. The summed E-state index contributed by atoms with van der Waals surface area (Å²) in [7, 11) is 0. The van der Waals surface area contributed by atoms with E-state index >= 15 is 0 Å². The van der Waals surface area contributed by atoms with Crippen LogP contribution >= 0.6 is 11.8 Å². The molecule has 18 heavy (non-hydrogen) atoms. The molecule has 100 valence electrons. The van der Waals surface area contributed by atoms with Gasteiger partial charge in [-0.1, -0.05) is 0 Å². The van der Waals surface area contributed by atoms with Crippen LogP contribution in [0.3, 0.4) is 0 Å². The Morgan fingerprint density at radius 1 is 1.39 bits per heavy atom. The topological polar surface area (TPSA) is 55.1 Å². The lowest BCUT2D eigenvalue weighted by Gasteiger charge is -2.08. The fourth-order valence-electron chi connectivity index (χ4n) is 1.15. The number of hydrogen-bond donors (Lipinski definition) is 2. The van der Waals surface area contributed by atoms with Crippen molar-refractivity contribution in [2.24, 2.45) is 5.73 Å². The van der Waals surface area contributed by atoms with Gasteiger partial charge >= 0.3 is 0 Å². The third-order valence-corrected chi connectivity index (χ3v) is 3.15. The Hall–Kier alpha value is -1.21. The van der Waals surface area contributed by atoms with Gasteiger partial charge < -0.3 is 11.1 Å². The largest absolute Gasteiger partial charge is 0.327 e. The third kappa shape index (κ3) is 4.23. The first-order valence-electron chi connectivity index (χ1n) is 5.18. The molecule has 1 atom stereocenters. The van der Waals surface area contributed by atoms with Crippen LogP contribution in [0.25, 0.3) is 0 Å². The maximum absolute atomic E-state index is 13.2. The van der Waals surface area contributed by atoms with Gasteiger partial charge in [-0.15, -0.1) is 0 Å². The van der Waals surface area contributed by atoms with Crippen molar-refractivity contribution in [3.63, 3.8) is 0 Å². The number of benzene rings is 1. The van der Waals surface area contributed by atoms with Gasteiger partial charge in [-0.3, -0.25) is 4.79 Å². The smallest absolute Gasteiger partial charge is 0.234 e. The monoisotopic (exact) mass is 278 g/mol. The van der Waals surface area contributed by atoms with E-state index in [2.05, 4.69) is 5.32 Å². The van der Waals surface area contributed by atoms with Gasteiger partial charge in [-0.05, 0) is 19.1 Å². The van der Waals surface area contributed by atoms with Crippen LogP contribution in [0, 0.1) is 17.5 Å². The number of halogens is 3. The van der Waals surface area contributed by atoms with Crippen molar-refractivity contribution in [2.75, 3.05) is 16.8 Å². The normalized spacial score (nSPS) is 12.3. The Labute approximate surface area is 107 Å². The second kappa shape index (κ2) is 6.65. The zero-order chi connectivity index (χ0) is 13.7. The van der Waals surface area contributed by atoms with Gasteiger partial charge in [-0.25, -0.2) is 13.2 Å². The van der Waals surface area contributed by atoms with Crippen molar-refractivity contribution in [3.8, 4) is 0 Å². The number of rotatable bonds is 5. The molecular weight excluding hydrogens is 265 g/mol. The number of carbonyl (C=O) groups excluding carboxylic acids is 1. The molecule has 0 saturated carbocycles. The molecule has 3 N–H and O–H groups in total. The summed E-state index contributed by atoms with van der Waals surface area (Å²) in [5.74, 6) is -4.15. The highest BCUT2D eigenvalue weighted by Gasteiger charge is 2.15. The zero-order valence-corrected chi connectivity index (χ0v) is 10.5. The minimum Gasteiger partial charge on any atom is -0.327 e. The van der Waals surface area contributed by atoms with Gasteiger partial charge in [0.25, 0.3) is 0 Å². The van der Waals surface area contributed by atoms with Crippen molar-refractivity contribution in [3.05, 3.63) is 29.6 Å². The highest BCUT2D eigenvalue weighted by molar-refractivity contribution is 8.00. The third-order valence-electron chi connectivity index (χ3n) is 1.92. The first-order valence-corrected chi connectivity index (χ1v) is 6.34. The van der Waals surface area contributed by atoms with Crippen LogP contribution < -0.4 is 11.1 Å². The maximum Gasteiger partial charge on any atom is 0.234 e. The molecule has 0 fully saturated rings. The lowest BCUT2D eigenvalue weighted by molar-refractivity contribution is -0.113. The van der Waals surface area contributed by atoms with Gasteiger partial charge in [0.05, 0.1) is 11.4 Å². The molecule has 1 unspecified atom stereocenters. The van der Waals surface area contributed by atoms with E-state index in [1.807, 2.05) is 0 Å². The molecule has 0 spiro atoms. The van der Waals surface area contributed by atoms with E-state index in [9.17, 15) is 18.0 Å². The van der Waals surface area contributed by atoms with Crippen LogP contribution in [-0.2, 0) is 4.79 Å². The molecule has 0 aromatic heterocycles. The van der Waals surface area contributed by atoms with Gasteiger partial charge in [0, 0.05) is 11.8 Å². The predicted molar refractivity (Wildman–Crippen MR) is 65.9 cm³/mol. The standard InChI is InChI=1S/C11H13F3N2OS/c1-6(15)4-18-5-9(17)16-8-3-2-7(12)10(13)11(8)14/h2-3,6H,4-5,15H2,1H3,(H,16,17). The summed E-state index contributed by atoms with van der Waals surface area (Å²) >= 11 is 1.27. The summed E-state index contributed by atoms with van der Waals surface area (Å²) in [4.78, 5) is 11.4. The molecule has 0 heterocycles. The van der Waals surface area contributed by atoms with E-state index in [-0.39, 0.29) is 17.5 Å². The molecule has 0 aliphatic rings. The molecule has 1 rings (SSSR count). The Morgan fingerprint density at radius 3 is 2.67 bits per heavy atom. The van der Waals surface area contributed by atoms with Gasteiger partial charge in [0.1, 0.15) is 0 Å². The number of nitrogens with two attached hydrogens (primary N) is 1. The Balaban J connectivity index is 2.57. The summed E-state index contributed by atoms with van der Waals surface area (Å²) in [5, 5.41) is 2.17. The summed E-state index contributed by atoms with van der Waals surface area (Å²) in [6.45, 7) is 1.79. The average molecular weight is 278 g/mol. The van der Waals surface area contributed by atoms with Crippen molar-refractivity contribution in [2.45, 2.75) is 13.0 Å². The molecule has 7 heteroatoms. The molecule has 0 aliphatic carbocycles. The SMILES string of the molecule is CC(N)CSCC(=O)Nc1ccc(F)c(F)c1F. The van der Waals surface area contributed by atoms with Crippen LogP contribution in [0.4, 0.5) is 18.9 Å². The fourth-order valence-corrected chi connectivity index (χ4v) is 1.89. The highest BCUT2D eigenvalue weighted by atomic mass is 32.2. The summed E-state index contributed by atoms with van der Waals surface area (Å²) in [5.41, 5.74) is 5.11. The molecule has 1 aromatic rings. The van der Waals surface area contributed by atoms with Crippen LogP contribution in [0.1, 0.15) is 6.92 Å². The molecule has 0 saturated heterocycles. The highest BCUT2D eigenvalue weighted by Crippen LogP contribution is 2.19. The fraction of sp³-hybridized carbons (Fsp3) is 0.364. The Kier molecular flexibility index (Phi) is 5.49. The van der Waals surface area contributed by atoms with E-state index in [1.54, 1.807) is 6.92 Å². The number of anilines is 1. The number of thioether (sulfide) groups is 1. The summed E-state index contributed by atoms with van der Waals surface area (Å²) in [6.07, 6.45) is 0. The number of carbonyl (C=O) groups is 1. The molecule has 0 radical (unpaired) electrons. The lowest BCUT2D eigenvalue weighted by Crippen LogP contribution is -2.21. The van der Waals surface area contributed by atoms with E-state index < -0.39 is 23.4 Å². The van der Waals surface area contributed by atoms with E-state index in [0.29, 0.717) is 5.75 Å². The molecular formula is C11H13F3N2OS. The molecule has 1 aromatic carbocycles. The molecule has 1 amide bonds. The minimum atomic E-state index is -1.60. The van der Waals surface area contributed by atoms with E-state index in [0.717, 1.165) is 12.1 Å². The minimum absolute atomic E-state index is 0.0530. The summed E-state index contributed by atoms with van der Waals surface area (Å²) in [6, 6.07) is 1.67. The Morgan fingerprint density at radius 2 is 2.06 bits per heavy atom. The van der Waals surface area contributed by atoms with E-state index in [1.165, 1.54) is 11.8 Å². The maximum atomic E-state index is 13.2. The van der Waals surface area contributed by atoms with Crippen molar-refractivity contribution in [1.82, 2.24) is 0 Å². The molecule has 0 aliphatic heterocycles. The number of hydrogen-bond acceptors (Lipinski definition) is 3. The van der Waals surface area contributed by atoms with Crippen molar-refractivity contribution >= 4 is 23.4 Å². The second-order valence-corrected chi connectivity index (χ2v) is 4.79. The van der Waals surface area contributed by atoms with Crippen molar-refractivity contribution < 1.29 is 18.0 Å². The van der Waals surface area contributed by atoms with Crippen LogP contribution in [-0.4, -0.2) is 23.5 Å². The van der Waals surface area contributed by atoms with Crippen LogP contribution in [0.2, 0.25) is 0 Å². The Bertz CT molecular complexity index is 441. The number of amides is 1. The van der Waals surface area contributed by atoms with Gasteiger partial charge in [-0.2, -0.15) is 11.8 Å². The molecule has 3 nitrogen and oxygen atoms in total. The first kappa shape index (κ1) is 14.8. The van der Waals surface area contributed by atoms with E-state index in [4.69, 9.17) is 5.73 Å². The van der Waals surface area contributed by atoms with Gasteiger partial charge in [0.15, 0.2) is 17.5 Å². The lowest BCUT2D eigenvalue weighted by atomic mass is 10.3.